The lowest BCUT2D eigenvalue weighted by atomic mass is 10.2. The minimum Gasteiger partial charge on any atom is -0.460 e. The highest BCUT2D eigenvalue weighted by molar-refractivity contribution is 5.91. The Morgan fingerprint density at radius 2 is 1.82 bits per heavy atom. The predicted octanol–water partition coefficient (Wildman–Crippen LogP) is 1.38. The fourth-order valence-corrected chi connectivity index (χ4v) is 1.12. The molecule has 0 aliphatic heterocycles. The Hall–Kier alpha value is -2.04. The molecule has 1 aromatic rings. The molecule has 0 saturated heterocycles. The molecule has 0 aliphatic rings. The van der Waals surface area contributed by atoms with Crippen molar-refractivity contribution < 1.29 is 19.1 Å². The predicted molar refractivity (Wildman–Crippen MR) is 62.4 cm³/mol. The Morgan fingerprint density at radius 3 is 2.35 bits per heavy atom. The lowest BCUT2D eigenvalue weighted by Crippen LogP contribution is -2.19. The number of benzene rings is 1. The first-order valence-electron chi connectivity index (χ1n) is 5.21. The fraction of sp³-hybridized carbons (Fsp3) is 0.333. The van der Waals surface area contributed by atoms with Gasteiger partial charge in [0, 0.05) is 5.69 Å². The van der Waals surface area contributed by atoms with Crippen LogP contribution in [0.5, 0.6) is 0 Å². The van der Waals surface area contributed by atoms with Crippen molar-refractivity contribution in [1.29, 1.82) is 0 Å². The number of nitrogen functional groups attached to an aromatic ring is 1. The molecule has 5 nitrogen and oxygen atoms in total. The van der Waals surface area contributed by atoms with Crippen molar-refractivity contribution in [2.75, 3.05) is 12.3 Å². The summed E-state index contributed by atoms with van der Waals surface area (Å²) in [7, 11) is 0. The van der Waals surface area contributed by atoms with Crippen molar-refractivity contribution in [3.8, 4) is 0 Å². The van der Waals surface area contributed by atoms with Crippen LogP contribution >= 0.6 is 0 Å². The fourth-order valence-electron chi connectivity index (χ4n) is 1.12. The number of carbonyl (C=O) groups excluding carboxylic acids is 2. The normalized spacial score (nSPS) is 10.1. The van der Waals surface area contributed by atoms with Crippen LogP contribution in [-0.2, 0) is 14.3 Å². The smallest absolute Gasteiger partial charge is 0.344 e. The monoisotopic (exact) mass is 237 g/mol. The Labute approximate surface area is 99.5 Å². The van der Waals surface area contributed by atoms with Gasteiger partial charge in [0.2, 0.25) is 0 Å². The van der Waals surface area contributed by atoms with E-state index in [1.165, 1.54) is 12.1 Å². The van der Waals surface area contributed by atoms with Gasteiger partial charge >= 0.3 is 11.9 Å². The number of anilines is 1. The van der Waals surface area contributed by atoms with Gasteiger partial charge < -0.3 is 15.2 Å². The molecule has 0 atom stereocenters. The van der Waals surface area contributed by atoms with Crippen LogP contribution in [0.2, 0.25) is 0 Å². The Bertz CT molecular complexity index is 397. The number of esters is 2. The molecular formula is C12H15NO4. The highest BCUT2D eigenvalue weighted by Crippen LogP contribution is 2.06. The van der Waals surface area contributed by atoms with E-state index in [2.05, 4.69) is 0 Å². The molecule has 0 saturated carbocycles. The van der Waals surface area contributed by atoms with Crippen LogP contribution in [0.3, 0.4) is 0 Å². The largest absolute Gasteiger partial charge is 0.460 e. The molecule has 0 heterocycles. The molecule has 0 amide bonds. The molecule has 2 N–H and O–H groups in total. The second-order valence-corrected chi connectivity index (χ2v) is 3.74. The first-order chi connectivity index (χ1) is 7.99. The van der Waals surface area contributed by atoms with Crippen LogP contribution in [0.1, 0.15) is 24.2 Å². The summed E-state index contributed by atoms with van der Waals surface area (Å²) in [4.78, 5) is 22.6. The molecule has 0 spiro atoms. The van der Waals surface area contributed by atoms with E-state index in [1.54, 1.807) is 26.0 Å². The third-order valence-corrected chi connectivity index (χ3v) is 1.83. The number of hydrogen-bond donors (Lipinski definition) is 1. The summed E-state index contributed by atoms with van der Waals surface area (Å²) in [5.74, 6) is -1.14. The molecule has 1 aromatic carbocycles. The summed E-state index contributed by atoms with van der Waals surface area (Å²) >= 11 is 0. The molecule has 5 heteroatoms. The zero-order valence-electron chi connectivity index (χ0n) is 9.80. The number of rotatable bonds is 4. The van der Waals surface area contributed by atoms with Crippen molar-refractivity contribution >= 4 is 17.6 Å². The summed E-state index contributed by atoms with van der Waals surface area (Å²) < 4.78 is 9.60. The maximum absolute atomic E-state index is 11.5. The van der Waals surface area contributed by atoms with Gasteiger partial charge in [-0.15, -0.1) is 0 Å². The Kier molecular flexibility index (Phi) is 4.51. The molecule has 0 fully saturated rings. The van der Waals surface area contributed by atoms with E-state index < -0.39 is 11.9 Å². The maximum atomic E-state index is 11.5. The van der Waals surface area contributed by atoms with Crippen LogP contribution in [0.15, 0.2) is 24.3 Å². The highest BCUT2D eigenvalue weighted by Gasteiger charge is 2.11. The molecule has 0 aromatic heterocycles. The first kappa shape index (κ1) is 13.0. The van der Waals surface area contributed by atoms with E-state index in [0.717, 1.165) is 0 Å². The summed E-state index contributed by atoms with van der Waals surface area (Å²) in [5, 5.41) is 0. The van der Waals surface area contributed by atoms with Gasteiger partial charge in [-0.25, -0.2) is 9.59 Å². The van der Waals surface area contributed by atoms with E-state index in [0.29, 0.717) is 11.3 Å². The molecule has 1 rings (SSSR count). The molecule has 0 aliphatic carbocycles. The Balaban J connectivity index is 2.45. The van der Waals surface area contributed by atoms with Crippen molar-refractivity contribution in [3.63, 3.8) is 0 Å². The van der Waals surface area contributed by atoms with Crippen LogP contribution in [0, 0.1) is 0 Å². The first-order valence-corrected chi connectivity index (χ1v) is 5.21. The van der Waals surface area contributed by atoms with Crippen molar-refractivity contribution in [3.05, 3.63) is 29.8 Å². The van der Waals surface area contributed by atoms with E-state index >= 15 is 0 Å². The summed E-state index contributed by atoms with van der Waals surface area (Å²) in [6, 6.07) is 6.24. The van der Waals surface area contributed by atoms with Crippen LogP contribution in [0.25, 0.3) is 0 Å². The van der Waals surface area contributed by atoms with Crippen molar-refractivity contribution in [2.45, 2.75) is 20.0 Å². The van der Waals surface area contributed by atoms with Gasteiger partial charge in [-0.2, -0.15) is 0 Å². The van der Waals surface area contributed by atoms with E-state index in [-0.39, 0.29) is 12.7 Å². The quantitative estimate of drug-likeness (QED) is 0.632. The molecule has 0 radical (unpaired) electrons. The van der Waals surface area contributed by atoms with Gasteiger partial charge in [0.05, 0.1) is 11.7 Å². The van der Waals surface area contributed by atoms with Gasteiger partial charge in [0.15, 0.2) is 6.61 Å². The minimum atomic E-state index is -0.578. The topological polar surface area (TPSA) is 78.6 Å². The molecule has 0 bridgehead atoms. The second-order valence-electron chi connectivity index (χ2n) is 3.74. The standard InChI is InChI=1S/C12H15NO4/c1-8(2)17-11(14)7-16-12(15)9-3-5-10(13)6-4-9/h3-6,8H,7,13H2,1-2H3. The summed E-state index contributed by atoms with van der Waals surface area (Å²) in [5.41, 5.74) is 6.38. The molecular weight excluding hydrogens is 222 g/mol. The summed E-state index contributed by atoms with van der Waals surface area (Å²) in [6.45, 7) is 3.06. The maximum Gasteiger partial charge on any atom is 0.344 e. The minimum absolute atomic E-state index is 0.224. The number of carbonyl (C=O) groups is 2. The molecule has 17 heavy (non-hydrogen) atoms. The summed E-state index contributed by atoms with van der Waals surface area (Å²) in [6.07, 6.45) is -0.224. The average molecular weight is 237 g/mol. The van der Waals surface area contributed by atoms with Crippen molar-refractivity contribution in [1.82, 2.24) is 0 Å². The highest BCUT2D eigenvalue weighted by atomic mass is 16.6. The Morgan fingerprint density at radius 1 is 1.24 bits per heavy atom. The SMILES string of the molecule is CC(C)OC(=O)COC(=O)c1ccc(N)cc1. The van der Waals surface area contributed by atoms with E-state index in [9.17, 15) is 9.59 Å². The van der Waals surface area contributed by atoms with Crippen molar-refractivity contribution in [2.24, 2.45) is 0 Å². The van der Waals surface area contributed by atoms with Gasteiger partial charge in [0.25, 0.3) is 0 Å². The lowest BCUT2D eigenvalue weighted by Gasteiger charge is -2.08. The average Bonchev–Trinajstić information content (AvgIpc) is 2.26. The van der Waals surface area contributed by atoms with Gasteiger partial charge in [0.1, 0.15) is 0 Å². The zero-order chi connectivity index (χ0) is 12.8. The van der Waals surface area contributed by atoms with E-state index in [4.69, 9.17) is 15.2 Å². The number of ether oxygens (including phenoxy) is 2. The second kappa shape index (κ2) is 5.89. The lowest BCUT2D eigenvalue weighted by molar-refractivity contribution is -0.150. The van der Waals surface area contributed by atoms with E-state index in [1.807, 2.05) is 0 Å². The van der Waals surface area contributed by atoms with Crippen LogP contribution in [0.4, 0.5) is 5.69 Å². The molecule has 92 valence electrons. The van der Waals surface area contributed by atoms with Gasteiger partial charge in [-0.1, -0.05) is 0 Å². The third-order valence-electron chi connectivity index (χ3n) is 1.83. The third kappa shape index (κ3) is 4.55. The van der Waals surface area contributed by atoms with Crippen LogP contribution in [-0.4, -0.2) is 24.6 Å². The van der Waals surface area contributed by atoms with Crippen LogP contribution < -0.4 is 5.73 Å². The molecule has 0 unspecified atom stereocenters. The number of hydrogen-bond acceptors (Lipinski definition) is 5. The number of nitrogens with two attached hydrogens (primary N) is 1. The zero-order valence-corrected chi connectivity index (χ0v) is 9.80. The van der Waals surface area contributed by atoms with Gasteiger partial charge in [-0.05, 0) is 38.1 Å². The van der Waals surface area contributed by atoms with Gasteiger partial charge in [-0.3, -0.25) is 0 Å².